The van der Waals surface area contributed by atoms with E-state index in [0.717, 1.165) is 18.4 Å². The summed E-state index contributed by atoms with van der Waals surface area (Å²) in [6.45, 7) is 0.655. The third-order valence-corrected chi connectivity index (χ3v) is 4.59. The molecular weight excluding hydrogens is 316 g/mol. The van der Waals surface area contributed by atoms with Crippen LogP contribution in [0.1, 0.15) is 29.9 Å². The predicted octanol–water partition coefficient (Wildman–Crippen LogP) is 3.74. The molecular formula is C19H16N4O2. The molecule has 2 unspecified atom stereocenters. The maximum atomic E-state index is 11.5. The second kappa shape index (κ2) is 7.02. The van der Waals surface area contributed by atoms with Crippen LogP contribution >= 0.6 is 0 Å². The summed E-state index contributed by atoms with van der Waals surface area (Å²) in [4.78, 5) is 12.9. The fourth-order valence-corrected chi connectivity index (χ4v) is 3.46. The first-order chi connectivity index (χ1) is 12.2. The number of nitro benzene ring substituents is 1. The van der Waals surface area contributed by atoms with Gasteiger partial charge in [0.25, 0.3) is 5.69 Å². The lowest BCUT2D eigenvalue weighted by molar-refractivity contribution is -0.384. The monoisotopic (exact) mass is 332 g/mol. The van der Waals surface area contributed by atoms with Crippen molar-refractivity contribution < 1.29 is 4.92 Å². The first-order valence-corrected chi connectivity index (χ1v) is 8.05. The molecule has 1 aliphatic heterocycles. The van der Waals surface area contributed by atoms with Crippen molar-refractivity contribution in [1.82, 2.24) is 0 Å². The van der Waals surface area contributed by atoms with E-state index in [1.165, 1.54) is 6.07 Å². The third-order valence-electron chi connectivity index (χ3n) is 4.59. The number of hydrogen-bond donors (Lipinski definition) is 0. The van der Waals surface area contributed by atoms with Crippen LogP contribution in [-0.2, 0) is 0 Å². The molecule has 0 radical (unpaired) electrons. The summed E-state index contributed by atoms with van der Waals surface area (Å²) in [5.41, 5.74) is 1.56. The molecule has 0 aromatic heterocycles. The van der Waals surface area contributed by atoms with Gasteiger partial charge < -0.3 is 4.90 Å². The summed E-state index contributed by atoms with van der Waals surface area (Å²) in [5.74, 6) is -0.362. The van der Waals surface area contributed by atoms with Gasteiger partial charge in [-0.25, -0.2) is 0 Å². The van der Waals surface area contributed by atoms with Gasteiger partial charge in [0, 0.05) is 18.7 Å². The maximum Gasteiger partial charge on any atom is 0.293 e. The van der Waals surface area contributed by atoms with Crippen molar-refractivity contribution in [3.05, 3.63) is 69.8 Å². The van der Waals surface area contributed by atoms with E-state index < -0.39 is 4.92 Å². The normalized spacial score (nSPS) is 17.5. The SMILES string of the molecule is N#Cc1ccc(N2CCCC2C(C#N)c2ccccc2)c([N+](=O)[O-])c1. The van der Waals surface area contributed by atoms with Crippen LogP contribution in [0.2, 0.25) is 0 Å². The van der Waals surface area contributed by atoms with Crippen molar-refractivity contribution in [3.8, 4) is 12.1 Å². The molecule has 1 fully saturated rings. The average molecular weight is 332 g/mol. The van der Waals surface area contributed by atoms with E-state index in [4.69, 9.17) is 5.26 Å². The Labute approximate surface area is 145 Å². The lowest BCUT2D eigenvalue weighted by Gasteiger charge is -2.30. The first-order valence-electron chi connectivity index (χ1n) is 8.05. The average Bonchev–Trinajstić information content (AvgIpc) is 3.12. The van der Waals surface area contributed by atoms with Gasteiger partial charge in [-0.1, -0.05) is 30.3 Å². The van der Waals surface area contributed by atoms with E-state index in [1.54, 1.807) is 12.1 Å². The summed E-state index contributed by atoms with van der Waals surface area (Å²) < 4.78 is 0. The van der Waals surface area contributed by atoms with E-state index in [1.807, 2.05) is 41.3 Å². The van der Waals surface area contributed by atoms with Crippen LogP contribution in [0.3, 0.4) is 0 Å². The molecule has 1 heterocycles. The van der Waals surface area contributed by atoms with Gasteiger partial charge in [0.1, 0.15) is 5.69 Å². The van der Waals surface area contributed by atoms with Gasteiger partial charge in [0.2, 0.25) is 0 Å². The molecule has 2 aromatic rings. The first kappa shape index (κ1) is 16.5. The second-order valence-corrected chi connectivity index (χ2v) is 5.99. The molecule has 25 heavy (non-hydrogen) atoms. The van der Waals surface area contributed by atoms with Crippen molar-refractivity contribution in [3.63, 3.8) is 0 Å². The Morgan fingerprint density at radius 3 is 2.60 bits per heavy atom. The minimum Gasteiger partial charge on any atom is -0.361 e. The number of hydrogen-bond acceptors (Lipinski definition) is 5. The Bertz CT molecular complexity index is 867. The number of nitriles is 2. The quantitative estimate of drug-likeness (QED) is 0.628. The fraction of sp³-hybridized carbons (Fsp3) is 0.263. The largest absolute Gasteiger partial charge is 0.361 e. The highest BCUT2D eigenvalue weighted by atomic mass is 16.6. The molecule has 1 aliphatic rings. The molecule has 3 rings (SSSR count). The van der Waals surface area contributed by atoms with Gasteiger partial charge in [-0.05, 0) is 30.5 Å². The lowest BCUT2D eigenvalue weighted by Crippen LogP contribution is -2.34. The number of nitrogens with zero attached hydrogens (tertiary/aromatic N) is 4. The molecule has 0 aliphatic carbocycles. The maximum absolute atomic E-state index is 11.5. The van der Waals surface area contributed by atoms with Crippen LogP contribution < -0.4 is 4.90 Å². The van der Waals surface area contributed by atoms with Crippen LogP contribution in [0.5, 0.6) is 0 Å². The van der Waals surface area contributed by atoms with Gasteiger partial charge in [0.05, 0.1) is 28.5 Å². The standard InChI is InChI=1S/C19H16N4O2/c20-12-14-8-9-18(19(11-14)23(24)25)22-10-4-7-17(22)16(13-21)15-5-2-1-3-6-15/h1-3,5-6,8-9,11,16-17H,4,7,10H2. The van der Waals surface area contributed by atoms with Crippen LogP contribution in [0.15, 0.2) is 48.5 Å². The van der Waals surface area contributed by atoms with Gasteiger partial charge in [-0.2, -0.15) is 10.5 Å². The number of nitro groups is 1. The smallest absolute Gasteiger partial charge is 0.293 e. The van der Waals surface area contributed by atoms with Crippen molar-refractivity contribution in [2.75, 3.05) is 11.4 Å². The molecule has 0 bridgehead atoms. The summed E-state index contributed by atoms with van der Waals surface area (Å²) in [6, 6.07) is 18.2. The highest BCUT2D eigenvalue weighted by Crippen LogP contribution is 2.39. The van der Waals surface area contributed by atoms with Crippen LogP contribution in [0, 0.1) is 32.8 Å². The lowest BCUT2D eigenvalue weighted by atomic mass is 9.91. The molecule has 1 saturated heterocycles. The Morgan fingerprint density at radius 1 is 1.20 bits per heavy atom. The molecule has 0 N–H and O–H groups in total. The van der Waals surface area contributed by atoms with Gasteiger partial charge in [-0.3, -0.25) is 10.1 Å². The van der Waals surface area contributed by atoms with E-state index in [9.17, 15) is 15.4 Å². The van der Waals surface area contributed by atoms with Crippen LogP contribution in [0.4, 0.5) is 11.4 Å². The van der Waals surface area contributed by atoms with Crippen LogP contribution in [-0.4, -0.2) is 17.5 Å². The van der Waals surface area contributed by atoms with E-state index >= 15 is 0 Å². The third kappa shape index (κ3) is 3.15. The molecule has 124 valence electrons. The zero-order chi connectivity index (χ0) is 17.8. The topological polar surface area (TPSA) is 94.0 Å². The Hall–Kier alpha value is -3.38. The van der Waals surface area contributed by atoms with Gasteiger partial charge in [-0.15, -0.1) is 0 Å². The Balaban J connectivity index is 2.01. The Morgan fingerprint density at radius 2 is 1.96 bits per heavy atom. The van der Waals surface area contributed by atoms with Gasteiger partial charge >= 0.3 is 0 Å². The molecule has 0 saturated carbocycles. The van der Waals surface area contributed by atoms with Crippen molar-refractivity contribution in [2.45, 2.75) is 24.8 Å². The molecule has 6 heteroatoms. The summed E-state index contributed by atoms with van der Waals surface area (Å²) in [5, 5.41) is 30.2. The minimum atomic E-state index is -0.463. The highest BCUT2D eigenvalue weighted by molar-refractivity contribution is 5.67. The van der Waals surface area contributed by atoms with E-state index in [-0.39, 0.29) is 23.2 Å². The zero-order valence-corrected chi connectivity index (χ0v) is 13.5. The van der Waals surface area contributed by atoms with Crippen molar-refractivity contribution in [2.24, 2.45) is 0 Å². The molecule has 0 amide bonds. The summed E-state index contributed by atoms with van der Waals surface area (Å²) in [6.07, 6.45) is 1.66. The van der Waals surface area contributed by atoms with E-state index in [2.05, 4.69) is 6.07 Å². The highest BCUT2D eigenvalue weighted by Gasteiger charge is 2.35. The van der Waals surface area contributed by atoms with E-state index in [0.29, 0.717) is 12.2 Å². The van der Waals surface area contributed by atoms with Crippen molar-refractivity contribution in [1.29, 1.82) is 10.5 Å². The summed E-state index contributed by atoms with van der Waals surface area (Å²) in [7, 11) is 0. The number of rotatable bonds is 4. The number of benzene rings is 2. The Kier molecular flexibility index (Phi) is 4.63. The molecule has 6 nitrogen and oxygen atoms in total. The van der Waals surface area contributed by atoms with Crippen molar-refractivity contribution >= 4 is 11.4 Å². The number of anilines is 1. The zero-order valence-electron chi connectivity index (χ0n) is 13.5. The second-order valence-electron chi connectivity index (χ2n) is 5.99. The molecule has 0 spiro atoms. The van der Waals surface area contributed by atoms with Gasteiger partial charge in [0.15, 0.2) is 0 Å². The molecule has 2 aromatic carbocycles. The predicted molar refractivity (Wildman–Crippen MR) is 93.0 cm³/mol. The molecule has 2 atom stereocenters. The summed E-state index contributed by atoms with van der Waals surface area (Å²) >= 11 is 0. The fourth-order valence-electron chi connectivity index (χ4n) is 3.46. The minimum absolute atomic E-state index is 0.0873. The van der Waals surface area contributed by atoms with Crippen LogP contribution in [0.25, 0.3) is 0 Å².